The van der Waals surface area contributed by atoms with Crippen molar-refractivity contribution in [3.8, 4) is 0 Å². The number of benzene rings is 2. The lowest BCUT2D eigenvalue weighted by atomic mass is 10.1. The number of aromatic nitrogens is 1. The Balaban J connectivity index is 2.11. The molecule has 1 aromatic heterocycles. The Hall–Kier alpha value is -1.94. The van der Waals surface area contributed by atoms with Crippen LogP contribution in [0.1, 0.15) is 15.9 Å². The molecule has 0 atom stereocenters. The van der Waals surface area contributed by atoms with Crippen LogP contribution in [-0.4, -0.2) is 10.9 Å². The summed E-state index contributed by atoms with van der Waals surface area (Å²) in [6.45, 7) is 0.389. The first-order valence-corrected chi connectivity index (χ1v) is 6.95. The van der Waals surface area contributed by atoms with E-state index in [1.807, 2.05) is 29.0 Å². The maximum atomic E-state index is 13.8. The van der Waals surface area contributed by atoms with Gasteiger partial charge in [-0.15, -0.1) is 0 Å². The molecule has 3 aromatic rings. The molecule has 1 heterocycles. The number of aldehydes is 1. The van der Waals surface area contributed by atoms with Crippen molar-refractivity contribution >= 4 is 33.1 Å². The molecule has 0 saturated carbocycles. The number of carbonyl (C=O) groups excluding carboxylic acids is 1. The van der Waals surface area contributed by atoms with Gasteiger partial charge >= 0.3 is 0 Å². The van der Waals surface area contributed by atoms with Gasteiger partial charge in [0.05, 0.1) is 12.1 Å². The van der Waals surface area contributed by atoms with Gasteiger partial charge < -0.3 is 4.57 Å². The van der Waals surface area contributed by atoms with E-state index < -0.39 is 0 Å². The largest absolute Gasteiger partial charge is 0.342 e. The standard InChI is InChI=1S/C16H11BrFNO/c17-14-4-5-15(18)13(8-14)9-19-7-6-11-2-1-3-12(10-20)16(11)19/h1-8,10H,9H2. The molecular weight excluding hydrogens is 321 g/mol. The number of hydrogen-bond donors (Lipinski definition) is 0. The lowest BCUT2D eigenvalue weighted by molar-refractivity contribution is 0.112. The third-order valence-corrected chi connectivity index (χ3v) is 3.79. The van der Waals surface area contributed by atoms with E-state index in [1.165, 1.54) is 6.07 Å². The molecule has 0 fully saturated rings. The van der Waals surface area contributed by atoms with Gasteiger partial charge in [-0.25, -0.2) is 4.39 Å². The summed E-state index contributed by atoms with van der Waals surface area (Å²) >= 11 is 3.35. The van der Waals surface area contributed by atoms with Gasteiger partial charge in [0.15, 0.2) is 6.29 Å². The van der Waals surface area contributed by atoms with Crippen LogP contribution in [0.4, 0.5) is 4.39 Å². The van der Waals surface area contributed by atoms with Crippen molar-refractivity contribution in [1.29, 1.82) is 0 Å². The predicted octanol–water partition coefficient (Wildman–Crippen LogP) is 4.40. The molecule has 4 heteroatoms. The second-order valence-electron chi connectivity index (χ2n) is 4.58. The summed E-state index contributed by atoms with van der Waals surface area (Å²) in [4.78, 5) is 11.1. The third-order valence-electron chi connectivity index (χ3n) is 3.30. The molecule has 0 bridgehead atoms. The number of rotatable bonds is 3. The molecule has 0 aliphatic carbocycles. The number of nitrogens with zero attached hydrogens (tertiary/aromatic N) is 1. The Labute approximate surface area is 124 Å². The average molecular weight is 332 g/mol. The molecule has 0 radical (unpaired) electrons. The highest BCUT2D eigenvalue weighted by atomic mass is 79.9. The van der Waals surface area contributed by atoms with E-state index in [9.17, 15) is 9.18 Å². The monoisotopic (exact) mass is 331 g/mol. The minimum absolute atomic E-state index is 0.251. The van der Waals surface area contributed by atoms with E-state index in [0.29, 0.717) is 17.7 Å². The number of carbonyl (C=O) groups is 1. The minimum Gasteiger partial charge on any atom is -0.342 e. The summed E-state index contributed by atoms with van der Waals surface area (Å²) in [6, 6.07) is 12.3. The fourth-order valence-corrected chi connectivity index (χ4v) is 2.77. The van der Waals surface area contributed by atoms with Gasteiger partial charge in [0.1, 0.15) is 5.82 Å². The molecule has 0 aliphatic rings. The zero-order valence-electron chi connectivity index (χ0n) is 10.5. The number of para-hydroxylation sites is 1. The van der Waals surface area contributed by atoms with Gasteiger partial charge in [0.25, 0.3) is 0 Å². The van der Waals surface area contributed by atoms with E-state index in [2.05, 4.69) is 15.9 Å². The summed E-state index contributed by atoms with van der Waals surface area (Å²) in [5, 5.41) is 0.977. The van der Waals surface area contributed by atoms with Gasteiger partial charge in [-0.2, -0.15) is 0 Å². The molecule has 0 aliphatic heterocycles. The zero-order valence-corrected chi connectivity index (χ0v) is 12.1. The molecule has 0 N–H and O–H groups in total. The highest BCUT2D eigenvalue weighted by Crippen LogP contribution is 2.22. The van der Waals surface area contributed by atoms with Gasteiger partial charge in [-0.05, 0) is 30.3 Å². The van der Waals surface area contributed by atoms with Crippen LogP contribution in [0.25, 0.3) is 10.9 Å². The normalized spacial score (nSPS) is 10.9. The van der Waals surface area contributed by atoms with Crippen LogP contribution in [-0.2, 0) is 6.54 Å². The number of fused-ring (bicyclic) bond motifs is 1. The average Bonchev–Trinajstić information content (AvgIpc) is 2.86. The van der Waals surface area contributed by atoms with E-state index in [0.717, 1.165) is 21.7 Å². The minimum atomic E-state index is -0.251. The Morgan fingerprint density at radius 2 is 2.05 bits per heavy atom. The Morgan fingerprint density at radius 1 is 1.20 bits per heavy atom. The van der Waals surface area contributed by atoms with Crippen LogP contribution in [0.15, 0.2) is 53.1 Å². The SMILES string of the molecule is O=Cc1cccc2ccn(Cc3cc(Br)ccc3F)c12. The van der Waals surface area contributed by atoms with Gasteiger partial charge in [-0.3, -0.25) is 4.79 Å². The quantitative estimate of drug-likeness (QED) is 0.652. The highest BCUT2D eigenvalue weighted by Gasteiger charge is 2.09. The Morgan fingerprint density at radius 3 is 2.85 bits per heavy atom. The number of hydrogen-bond acceptors (Lipinski definition) is 1. The van der Waals surface area contributed by atoms with Crippen LogP contribution in [0, 0.1) is 5.82 Å². The maximum Gasteiger partial charge on any atom is 0.152 e. The maximum absolute atomic E-state index is 13.8. The zero-order chi connectivity index (χ0) is 14.1. The van der Waals surface area contributed by atoms with Crippen molar-refractivity contribution in [2.75, 3.05) is 0 Å². The van der Waals surface area contributed by atoms with Gasteiger partial charge in [-0.1, -0.05) is 28.1 Å². The smallest absolute Gasteiger partial charge is 0.152 e. The summed E-state index contributed by atoms with van der Waals surface area (Å²) in [7, 11) is 0. The molecule has 20 heavy (non-hydrogen) atoms. The summed E-state index contributed by atoms with van der Waals surface area (Å²) in [6.07, 6.45) is 2.70. The molecule has 100 valence electrons. The Bertz CT molecular complexity index is 794. The van der Waals surface area contributed by atoms with Crippen molar-refractivity contribution in [2.24, 2.45) is 0 Å². The van der Waals surface area contributed by atoms with Crippen LogP contribution in [0.3, 0.4) is 0 Å². The first-order chi connectivity index (χ1) is 9.69. The highest BCUT2D eigenvalue weighted by molar-refractivity contribution is 9.10. The predicted molar refractivity (Wildman–Crippen MR) is 80.5 cm³/mol. The van der Waals surface area contributed by atoms with Crippen LogP contribution < -0.4 is 0 Å². The summed E-state index contributed by atoms with van der Waals surface area (Å²) in [5.74, 6) is -0.251. The van der Waals surface area contributed by atoms with Crippen molar-refractivity contribution in [3.63, 3.8) is 0 Å². The van der Waals surface area contributed by atoms with Crippen LogP contribution in [0.2, 0.25) is 0 Å². The second-order valence-corrected chi connectivity index (χ2v) is 5.50. The van der Waals surface area contributed by atoms with Crippen molar-refractivity contribution in [3.05, 3.63) is 70.1 Å². The lowest BCUT2D eigenvalue weighted by Gasteiger charge is -2.09. The van der Waals surface area contributed by atoms with Gasteiger partial charge in [0.2, 0.25) is 0 Å². The van der Waals surface area contributed by atoms with E-state index in [1.54, 1.807) is 18.2 Å². The Kier molecular flexibility index (Phi) is 3.40. The van der Waals surface area contributed by atoms with Gasteiger partial charge in [0, 0.05) is 27.2 Å². The first-order valence-electron chi connectivity index (χ1n) is 6.16. The van der Waals surface area contributed by atoms with Crippen molar-refractivity contribution < 1.29 is 9.18 Å². The molecule has 0 saturated heterocycles. The van der Waals surface area contributed by atoms with Crippen LogP contribution >= 0.6 is 15.9 Å². The fraction of sp³-hybridized carbons (Fsp3) is 0.0625. The summed E-state index contributed by atoms with van der Waals surface area (Å²) < 4.78 is 16.6. The van der Waals surface area contributed by atoms with Crippen LogP contribution in [0.5, 0.6) is 0 Å². The van der Waals surface area contributed by atoms with E-state index in [-0.39, 0.29) is 5.82 Å². The topological polar surface area (TPSA) is 22.0 Å². The molecular formula is C16H11BrFNO. The van der Waals surface area contributed by atoms with Crippen molar-refractivity contribution in [1.82, 2.24) is 4.57 Å². The van der Waals surface area contributed by atoms with E-state index >= 15 is 0 Å². The molecule has 3 rings (SSSR count). The lowest BCUT2D eigenvalue weighted by Crippen LogP contribution is -2.02. The summed E-state index contributed by atoms with van der Waals surface area (Å²) in [5.41, 5.74) is 2.03. The number of halogens is 2. The third kappa shape index (κ3) is 2.27. The molecule has 0 spiro atoms. The molecule has 2 aromatic carbocycles. The molecule has 2 nitrogen and oxygen atoms in total. The first kappa shape index (κ1) is 13.1. The van der Waals surface area contributed by atoms with E-state index in [4.69, 9.17) is 0 Å². The van der Waals surface area contributed by atoms with Crippen molar-refractivity contribution in [2.45, 2.75) is 6.54 Å². The second kappa shape index (κ2) is 5.21. The fourth-order valence-electron chi connectivity index (χ4n) is 2.37. The molecule has 0 amide bonds. The molecule has 0 unspecified atom stereocenters.